The van der Waals surface area contributed by atoms with Crippen molar-refractivity contribution in [3.8, 4) is 5.75 Å². The Morgan fingerprint density at radius 2 is 2.04 bits per heavy atom. The third-order valence-electron chi connectivity index (χ3n) is 4.17. The molecule has 0 bridgehead atoms. The van der Waals surface area contributed by atoms with E-state index in [9.17, 15) is 8.42 Å². The first kappa shape index (κ1) is 18.2. The zero-order chi connectivity index (χ0) is 16.9. The third-order valence-corrected chi connectivity index (χ3v) is 6.10. The van der Waals surface area contributed by atoms with Crippen molar-refractivity contribution >= 4 is 10.0 Å². The van der Waals surface area contributed by atoms with E-state index in [4.69, 9.17) is 9.47 Å². The monoisotopic (exact) mass is 342 g/mol. The van der Waals surface area contributed by atoms with Gasteiger partial charge in [-0.1, -0.05) is 12.1 Å². The Balaban J connectivity index is 1.99. The number of morpholine rings is 1. The van der Waals surface area contributed by atoms with E-state index in [1.165, 1.54) is 4.31 Å². The van der Waals surface area contributed by atoms with Crippen LogP contribution in [0.4, 0.5) is 0 Å². The van der Waals surface area contributed by atoms with Gasteiger partial charge in [0.1, 0.15) is 5.75 Å². The van der Waals surface area contributed by atoms with Crippen LogP contribution in [0.25, 0.3) is 0 Å². The number of likely N-dealkylation sites (N-methyl/N-ethyl adjacent to an activating group) is 1. The predicted molar refractivity (Wildman–Crippen MR) is 90.1 cm³/mol. The van der Waals surface area contributed by atoms with Crippen LogP contribution in [0.3, 0.4) is 0 Å². The average molecular weight is 342 g/mol. The van der Waals surface area contributed by atoms with Crippen molar-refractivity contribution in [1.29, 1.82) is 0 Å². The van der Waals surface area contributed by atoms with Crippen molar-refractivity contribution in [1.82, 2.24) is 9.21 Å². The fourth-order valence-electron chi connectivity index (χ4n) is 2.62. The summed E-state index contributed by atoms with van der Waals surface area (Å²) in [5.74, 6) is 0.649. The van der Waals surface area contributed by atoms with Gasteiger partial charge in [0.25, 0.3) is 0 Å². The first-order valence-electron chi connectivity index (χ1n) is 7.81. The van der Waals surface area contributed by atoms with Gasteiger partial charge < -0.3 is 9.47 Å². The van der Waals surface area contributed by atoms with Gasteiger partial charge in [0.05, 0.1) is 26.1 Å². The molecule has 1 saturated heterocycles. The van der Waals surface area contributed by atoms with Gasteiger partial charge >= 0.3 is 0 Å². The Hall–Kier alpha value is -1.15. The van der Waals surface area contributed by atoms with E-state index >= 15 is 0 Å². The van der Waals surface area contributed by atoms with Gasteiger partial charge in [0.15, 0.2) is 0 Å². The highest BCUT2D eigenvalue weighted by atomic mass is 32.2. The quantitative estimate of drug-likeness (QED) is 0.745. The van der Waals surface area contributed by atoms with E-state index < -0.39 is 10.0 Å². The van der Waals surface area contributed by atoms with Crippen molar-refractivity contribution in [2.45, 2.75) is 18.7 Å². The smallest absolute Gasteiger partial charge is 0.218 e. The number of benzene rings is 1. The molecule has 7 heteroatoms. The van der Waals surface area contributed by atoms with Crippen LogP contribution in [-0.4, -0.2) is 70.7 Å². The lowest BCUT2D eigenvalue weighted by atomic mass is 10.2. The largest absolute Gasteiger partial charge is 0.497 e. The summed E-state index contributed by atoms with van der Waals surface area (Å²) in [6.45, 7) is 5.80. The van der Waals surface area contributed by atoms with Crippen LogP contribution in [-0.2, 0) is 20.5 Å². The molecule has 2 rings (SSSR count). The molecule has 1 fully saturated rings. The van der Waals surface area contributed by atoms with Gasteiger partial charge in [-0.25, -0.2) is 12.7 Å². The lowest BCUT2D eigenvalue weighted by Gasteiger charge is -2.32. The van der Waals surface area contributed by atoms with E-state index in [0.29, 0.717) is 19.0 Å². The molecule has 1 atom stereocenters. The number of rotatable bonds is 7. The minimum Gasteiger partial charge on any atom is -0.497 e. The SMILES string of the molecule is COc1cccc(CS(=O)(=O)N(C)C(C)CN2CCOCC2)c1. The highest BCUT2D eigenvalue weighted by Gasteiger charge is 2.25. The third kappa shape index (κ3) is 5.17. The molecular weight excluding hydrogens is 316 g/mol. The maximum absolute atomic E-state index is 12.6. The van der Waals surface area contributed by atoms with Gasteiger partial charge in [-0.3, -0.25) is 4.90 Å². The summed E-state index contributed by atoms with van der Waals surface area (Å²) < 4.78 is 37.2. The second-order valence-electron chi connectivity index (χ2n) is 5.89. The molecule has 0 aromatic heterocycles. The molecule has 1 aliphatic heterocycles. The average Bonchev–Trinajstić information content (AvgIpc) is 2.54. The molecule has 0 aliphatic carbocycles. The summed E-state index contributed by atoms with van der Waals surface area (Å²) in [6, 6.07) is 7.10. The van der Waals surface area contributed by atoms with Crippen LogP contribution in [0.2, 0.25) is 0 Å². The number of hydrogen-bond acceptors (Lipinski definition) is 5. The first-order chi connectivity index (χ1) is 10.9. The Morgan fingerprint density at radius 3 is 2.70 bits per heavy atom. The lowest BCUT2D eigenvalue weighted by Crippen LogP contribution is -2.46. The Morgan fingerprint density at radius 1 is 1.35 bits per heavy atom. The lowest BCUT2D eigenvalue weighted by molar-refractivity contribution is 0.0314. The molecular formula is C16H26N2O4S. The molecule has 0 N–H and O–H groups in total. The molecule has 130 valence electrons. The zero-order valence-electron chi connectivity index (χ0n) is 14.1. The van der Waals surface area contributed by atoms with E-state index in [1.807, 2.05) is 6.92 Å². The topological polar surface area (TPSA) is 59.1 Å². The normalized spacial score (nSPS) is 18.1. The Bertz CT molecular complexity index is 600. The first-order valence-corrected chi connectivity index (χ1v) is 9.42. The van der Waals surface area contributed by atoms with Gasteiger partial charge in [-0.05, 0) is 24.6 Å². The van der Waals surface area contributed by atoms with Crippen LogP contribution in [0, 0.1) is 0 Å². The number of methoxy groups -OCH3 is 1. The molecule has 23 heavy (non-hydrogen) atoms. The van der Waals surface area contributed by atoms with Crippen molar-refractivity contribution in [2.75, 3.05) is 47.0 Å². The van der Waals surface area contributed by atoms with Gasteiger partial charge in [-0.15, -0.1) is 0 Å². The summed E-state index contributed by atoms with van der Waals surface area (Å²) in [5.41, 5.74) is 0.731. The van der Waals surface area contributed by atoms with Crippen LogP contribution >= 0.6 is 0 Å². The minimum atomic E-state index is -3.37. The molecule has 0 amide bonds. The molecule has 1 aromatic carbocycles. The number of hydrogen-bond donors (Lipinski definition) is 0. The van der Waals surface area contributed by atoms with Crippen molar-refractivity contribution in [3.05, 3.63) is 29.8 Å². The van der Waals surface area contributed by atoms with E-state index in [1.54, 1.807) is 38.4 Å². The fourth-order valence-corrected chi connectivity index (χ4v) is 4.04. The van der Waals surface area contributed by atoms with Gasteiger partial charge in [0.2, 0.25) is 10.0 Å². The van der Waals surface area contributed by atoms with Crippen LogP contribution in [0.5, 0.6) is 5.75 Å². The van der Waals surface area contributed by atoms with E-state index in [2.05, 4.69) is 4.90 Å². The summed E-state index contributed by atoms with van der Waals surface area (Å²) in [5, 5.41) is 0. The fraction of sp³-hybridized carbons (Fsp3) is 0.625. The predicted octanol–water partition coefficient (Wildman–Crippen LogP) is 1.18. The minimum absolute atomic E-state index is 0.0197. The molecule has 1 heterocycles. The van der Waals surface area contributed by atoms with Gasteiger partial charge in [0, 0.05) is 32.7 Å². The molecule has 0 saturated carbocycles. The maximum Gasteiger partial charge on any atom is 0.218 e. The highest BCUT2D eigenvalue weighted by Crippen LogP contribution is 2.17. The second kappa shape index (κ2) is 8.10. The summed E-state index contributed by atoms with van der Waals surface area (Å²) in [4.78, 5) is 2.24. The van der Waals surface area contributed by atoms with Crippen molar-refractivity contribution < 1.29 is 17.9 Å². The van der Waals surface area contributed by atoms with Crippen LogP contribution in [0.15, 0.2) is 24.3 Å². The molecule has 1 aromatic rings. The zero-order valence-corrected chi connectivity index (χ0v) is 14.9. The molecule has 1 unspecified atom stereocenters. The van der Waals surface area contributed by atoms with E-state index in [-0.39, 0.29) is 11.8 Å². The molecule has 0 spiro atoms. The van der Waals surface area contributed by atoms with Crippen molar-refractivity contribution in [2.24, 2.45) is 0 Å². The summed E-state index contributed by atoms with van der Waals surface area (Å²) >= 11 is 0. The Labute approximate surface area is 139 Å². The van der Waals surface area contributed by atoms with Crippen LogP contribution in [0.1, 0.15) is 12.5 Å². The molecule has 1 aliphatic rings. The highest BCUT2D eigenvalue weighted by molar-refractivity contribution is 7.88. The molecule has 6 nitrogen and oxygen atoms in total. The van der Waals surface area contributed by atoms with E-state index in [0.717, 1.165) is 25.2 Å². The van der Waals surface area contributed by atoms with Crippen LogP contribution < -0.4 is 4.74 Å². The standard InChI is InChI=1S/C16H26N2O4S/c1-14(12-18-7-9-22-10-8-18)17(2)23(19,20)13-15-5-4-6-16(11-15)21-3/h4-6,11,14H,7-10,12-13H2,1-3H3. The Kier molecular flexibility index (Phi) is 6.41. The number of sulfonamides is 1. The number of nitrogens with zero attached hydrogens (tertiary/aromatic N) is 2. The molecule has 0 radical (unpaired) electrons. The summed E-state index contributed by atoms with van der Waals surface area (Å²) in [6.07, 6.45) is 0. The number of ether oxygens (including phenoxy) is 2. The van der Waals surface area contributed by atoms with Gasteiger partial charge in [-0.2, -0.15) is 0 Å². The second-order valence-corrected chi connectivity index (χ2v) is 7.91. The summed E-state index contributed by atoms with van der Waals surface area (Å²) in [7, 11) is -0.142. The maximum atomic E-state index is 12.6. The van der Waals surface area contributed by atoms with Crippen molar-refractivity contribution in [3.63, 3.8) is 0 Å².